The third-order valence-electron chi connectivity index (χ3n) is 8.18. The van der Waals surface area contributed by atoms with Gasteiger partial charge in [-0.25, -0.2) is 0 Å². The van der Waals surface area contributed by atoms with Crippen molar-refractivity contribution in [2.45, 2.75) is 5.92 Å². The minimum atomic E-state index is -3.21. The molecule has 0 aromatic heterocycles. The van der Waals surface area contributed by atoms with Crippen molar-refractivity contribution in [1.29, 1.82) is 0 Å². The Morgan fingerprint density at radius 2 is 1.18 bits per heavy atom. The summed E-state index contributed by atoms with van der Waals surface area (Å²) >= 11 is 0. The normalized spacial score (nSPS) is 15.2. The van der Waals surface area contributed by atoms with E-state index in [4.69, 9.17) is 4.99 Å². The van der Waals surface area contributed by atoms with E-state index in [1.165, 1.54) is 21.9 Å². The van der Waals surface area contributed by atoms with Gasteiger partial charge in [-0.2, -0.15) is 0 Å². The first-order valence-electron chi connectivity index (χ1n) is 13.3. The van der Waals surface area contributed by atoms with Gasteiger partial charge in [0.2, 0.25) is 0 Å². The van der Waals surface area contributed by atoms with Crippen LogP contribution < -0.4 is 15.9 Å². The molecular weight excluding hydrogens is 493 g/mol. The van der Waals surface area contributed by atoms with Crippen LogP contribution in [0, 0.1) is 0 Å². The highest BCUT2D eigenvalue weighted by Gasteiger charge is 2.41. The van der Waals surface area contributed by atoms with Gasteiger partial charge in [0.1, 0.15) is 0 Å². The fraction of sp³-hybridized carbons (Fsp3) is 0.0278. The summed E-state index contributed by atoms with van der Waals surface area (Å²) in [5.41, 5.74) is 7.82. The van der Waals surface area contributed by atoms with Gasteiger partial charge in [0.25, 0.3) is 0 Å². The molecule has 0 fully saturated rings. The highest BCUT2D eigenvalue weighted by atomic mass is 31.2. The molecule has 1 atom stereocenters. The highest BCUT2D eigenvalue weighted by Crippen LogP contribution is 2.54. The van der Waals surface area contributed by atoms with Crippen molar-refractivity contribution >= 4 is 45.2 Å². The van der Waals surface area contributed by atoms with E-state index < -0.39 is 7.14 Å². The molecule has 0 saturated heterocycles. The zero-order valence-corrected chi connectivity index (χ0v) is 22.1. The topological polar surface area (TPSA) is 29.4 Å². The molecule has 0 bridgehead atoms. The fourth-order valence-electron chi connectivity index (χ4n) is 6.50. The predicted molar refractivity (Wildman–Crippen MR) is 163 cm³/mol. The number of para-hydroxylation sites is 1. The van der Waals surface area contributed by atoms with Crippen molar-refractivity contribution in [3.05, 3.63) is 156 Å². The monoisotopic (exact) mass is 517 g/mol. The smallest absolute Gasteiger partial charge is 0.171 e. The van der Waals surface area contributed by atoms with Crippen LogP contribution in [0.25, 0.3) is 21.9 Å². The van der Waals surface area contributed by atoms with Crippen LogP contribution in [-0.2, 0) is 4.57 Å². The lowest BCUT2D eigenvalue weighted by atomic mass is 9.74. The molecule has 0 saturated carbocycles. The third-order valence-corrected chi connectivity index (χ3v) is 11.3. The van der Waals surface area contributed by atoms with Gasteiger partial charge in [0.15, 0.2) is 7.14 Å². The molecule has 2 aliphatic rings. The lowest BCUT2D eigenvalue weighted by Gasteiger charge is -2.32. The highest BCUT2D eigenvalue weighted by molar-refractivity contribution is 7.85. The van der Waals surface area contributed by atoms with E-state index in [-0.39, 0.29) is 5.92 Å². The Labute approximate surface area is 227 Å². The van der Waals surface area contributed by atoms with Gasteiger partial charge >= 0.3 is 0 Å². The quantitative estimate of drug-likeness (QED) is 0.221. The molecule has 184 valence electrons. The number of nitrogens with zero attached hydrogens (tertiary/aromatic N) is 1. The number of rotatable bonds is 3. The molecule has 6 aromatic rings. The second kappa shape index (κ2) is 8.50. The van der Waals surface area contributed by atoms with Gasteiger partial charge in [-0.15, -0.1) is 0 Å². The van der Waals surface area contributed by atoms with Gasteiger partial charge in [-0.1, -0.05) is 133 Å². The first-order valence-corrected chi connectivity index (χ1v) is 15.0. The summed E-state index contributed by atoms with van der Waals surface area (Å²) in [6, 6.07) is 47.7. The molecule has 1 heterocycles. The molecule has 8 rings (SSSR count). The second-order valence-electron chi connectivity index (χ2n) is 10.2. The minimum absolute atomic E-state index is 0.00514. The van der Waals surface area contributed by atoms with Crippen LogP contribution in [0.2, 0.25) is 0 Å². The molecule has 1 aliphatic heterocycles. The Bertz CT molecular complexity index is 1950. The van der Waals surface area contributed by atoms with Crippen LogP contribution in [0.3, 0.4) is 0 Å². The maximum Gasteiger partial charge on any atom is 0.171 e. The lowest BCUT2D eigenvalue weighted by molar-refractivity contribution is 0.592. The van der Waals surface area contributed by atoms with E-state index in [9.17, 15) is 0 Å². The van der Waals surface area contributed by atoms with E-state index in [0.29, 0.717) is 0 Å². The summed E-state index contributed by atoms with van der Waals surface area (Å²) in [6.45, 7) is 0. The van der Waals surface area contributed by atoms with Crippen molar-refractivity contribution in [3.8, 4) is 11.1 Å². The average molecular weight is 518 g/mol. The molecule has 1 unspecified atom stereocenters. The Hall–Kier alpha value is -4.52. The molecule has 2 nitrogen and oxygen atoms in total. The number of benzene rings is 6. The van der Waals surface area contributed by atoms with Crippen molar-refractivity contribution in [2.24, 2.45) is 4.99 Å². The minimum Gasteiger partial charge on any atom is -0.309 e. The van der Waals surface area contributed by atoms with Crippen LogP contribution >= 0.6 is 7.14 Å². The first-order chi connectivity index (χ1) is 19.2. The summed E-state index contributed by atoms with van der Waals surface area (Å²) in [6.07, 6.45) is 0. The molecule has 0 spiro atoms. The SMILES string of the molecule is O=P(c1ccccc1)(c1ccccc1)c1cccc2c1-c1ccc3ccccc3c1C1=Nc3ccccc3C12. The van der Waals surface area contributed by atoms with Crippen LogP contribution in [-0.4, -0.2) is 5.71 Å². The lowest BCUT2D eigenvalue weighted by Crippen LogP contribution is -2.30. The molecule has 3 heteroatoms. The molecule has 39 heavy (non-hydrogen) atoms. The van der Waals surface area contributed by atoms with E-state index in [2.05, 4.69) is 78.9 Å². The molecule has 6 aromatic carbocycles. The summed E-state index contributed by atoms with van der Waals surface area (Å²) in [7, 11) is -3.21. The number of aliphatic imine (C=N–C) groups is 1. The van der Waals surface area contributed by atoms with Crippen LogP contribution in [0.15, 0.2) is 145 Å². The van der Waals surface area contributed by atoms with Crippen molar-refractivity contribution in [1.82, 2.24) is 0 Å². The Kier molecular flexibility index (Phi) is 4.89. The van der Waals surface area contributed by atoms with Crippen molar-refractivity contribution in [2.75, 3.05) is 0 Å². The van der Waals surface area contributed by atoms with Gasteiger partial charge in [0, 0.05) is 21.5 Å². The van der Waals surface area contributed by atoms with Crippen LogP contribution in [0.4, 0.5) is 5.69 Å². The number of hydrogen-bond acceptors (Lipinski definition) is 2. The summed E-state index contributed by atoms with van der Waals surface area (Å²) in [5.74, 6) is -0.00514. The van der Waals surface area contributed by atoms with Gasteiger partial charge in [-0.3, -0.25) is 4.99 Å². The molecule has 0 N–H and O–H groups in total. The van der Waals surface area contributed by atoms with E-state index in [1.54, 1.807) is 0 Å². The molecular formula is C36H24NOP. The second-order valence-corrected chi connectivity index (χ2v) is 13.0. The Balaban J connectivity index is 1.53. The van der Waals surface area contributed by atoms with Crippen molar-refractivity contribution < 1.29 is 4.57 Å². The molecule has 0 amide bonds. The number of hydrogen-bond donors (Lipinski definition) is 0. The standard InChI is InChI=1S/C36H24NOP/c38-39(25-13-3-1-4-14-25,26-15-5-2-6-16-26)32-21-11-19-29-33(32)30-23-22-24-12-7-8-17-27(24)34(30)36-35(29)28-18-9-10-20-31(28)37-36/h1-23,35H. The van der Waals surface area contributed by atoms with E-state index in [1.807, 2.05) is 60.7 Å². The molecule has 1 aliphatic carbocycles. The third kappa shape index (κ3) is 3.16. The zero-order valence-electron chi connectivity index (χ0n) is 21.2. The summed E-state index contributed by atoms with van der Waals surface area (Å²) < 4.78 is 15.7. The summed E-state index contributed by atoms with van der Waals surface area (Å²) in [4.78, 5) is 5.22. The Morgan fingerprint density at radius 3 is 1.95 bits per heavy atom. The summed E-state index contributed by atoms with van der Waals surface area (Å²) in [5, 5.41) is 4.94. The predicted octanol–water partition coefficient (Wildman–Crippen LogP) is 7.73. The maximum atomic E-state index is 15.7. The van der Waals surface area contributed by atoms with E-state index >= 15 is 4.57 Å². The number of fused-ring (bicyclic) bond motifs is 10. The first kappa shape index (κ1) is 22.5. The average Bonchev–Trinajstić information content (AvgIpc) is 3.41. The van der Waals surface area contributed by atoms with Crippen LogP contribution in [0.5, 0.6) is 0 Å². The Morgan fingerprint density at radius 1 is 0.538 bits per heavy atom. The maximum absolute atomic E-state index is 15.7. The van der Waals surface area contributed by atoms with E-state index in [0.717, 1.165) is 44.0 Å². The zero-order chi connectivity index (χ0) is 26.0. The van der Waals surface area contributed by atoms with Crippen molar-refractivity contribution in [3.63, 3.8) is 0 Å². The van der Waals surface area contributed by atoms with Gasteiger partial charge in [-0.05, 0) is 39.1 Å². The van der Waals surface area contributed by atoms with Crippen LogP contribution in [0.1, 0.15) is 22.6 Å². The van der Waals surface area contributed by atoms with Gasteiger partial charge < -0.3 is 4.57 Å². The molecule has 0 radical (unpaired) electrons. The fourth-order valence-corrected chi connectivity index (χ4v) is 9.40. The largest absolute Gasteiger partial charge is 0.309 e. The van der Waals surface area contributed by atoms with Gasteiger partial charge in [0.05, 0.1) is 17.3 Å².